The molecule has 1 aromatic carbocycles. The topological polar surface area (TPSA) is 61.8 Å². The smallest absolute Gasteiger partial charge is 0.297 e. The van der Waals surface area contributed by atoms with Crippen molar-refractivity contribution in [3.05, 3.63) is 29.8 Å². The van der Waals surface area contributed by atoms with Gasteiger partial charge in [0.05, 0.1) is 31.3 Å². The lowest BCUT2D eigenvalue weighted by Crippen LogP contribution is -2.13. The van der Waals surface area contributed by atoms with Gasteiger partial charge in [0.25, 0.3) is 10.1 Å². The maximum absolute atomic E-state index is 11.8. The fourth-order valence-electron chi connectivity index (χ4n) is 1.54. The zero-order valence-electron chi connectivity index (χ0n) is 12.7. The highest BCUT2D eigenvalue weighted by atomic mass is 32.2. The van der Waals surface area contributed by atoms with Crippen LogP contribution in [0.3, 0.4) is 0 Å². The Morgan fingerprint density at radius 1 is 0.905 bits per heavy atom. The van der Waals surface area contributed by atoms with E-state index in [9.17, 15) is 8.42 Å². The minimum atomic E-state index is -3.69. The second-order valence-electron chi connectivity index (χ2n) is 4.67. The van der Waals surface area contributed by atoms with E-state index in [2.05, 4.69) is 6.92 Å². The zero-order chi connectivity index (χ0) is 15.6. The largest absolute Gasteiger partial charge is 0.379 e. The molecule has 6 heteroatoms. The van der Waals surface area contributed by atoms with Crippen LogP contribution in [0.4, 0.5) is 0 Å². The minimum absolute atomic E-state index is 0.00513. The fraction of sp³-hybridized carbons (Fsp3) is 0.600. The molecule has 0 unspecified atom stereocenters. The monoisotopic (exact) mass is 316 g/mol. The molecule has 0 bridgehead atoms. The molecule has 0 aliphatic carbocycles. The first-order valence-electron chi connectivity index (χ1n) is 7.18. The third kappa shape index (κ3) is 7.57. The zero-order valence-corrected chi connectivity index (χ0v) is 13.5. The van der Waals surface area contributed by atoms with Gasteiger partial charge in [0.1, 0.15) is 0 Å². The van der Waals surface area contributed by atoms with E-state index in [4.69, 9.17) is 13.7 Å². The number of hydrogen-bond donors (Lipinski definition) is 0. The Morgan fingerprint density at radius 2 is 1.48 bits per heavy atom. The molecular formula is C15H24O5S. The molecule has 0 fully saturated rings. The maximum atomic E-state index is 11.8. The summed E-state index contributed by atoms with van der Waals surface area (Å²) in [4.78, 5) is 0.163. The first kappa shape index (κ1) is 18.1. The SMILES string of the molecule is CCCCOCCOCCOS(=O)(=O)c1ccc(C)cc1. The lowest BCUT2D eigenvalue weighted by atomic mass is 10.2. The Balaban J connectivity index is 2.15. The molecule has 1 rings (SSSR count). The van der Waals surface area contributed by atoms with E-state index in [1.807, 2.05) is 6.92 Å². The predicted molar refractivity (Wildman–Crippen MR) is 80.9 cm³/mol. The van der Waals surface area contributed by atoms with Gasteiger partial charge in [-0.3, -0.25) is 4.18 Å². The van der Waals surface area contributed by atoms with Gasteiger partial charge in [0.2, 0.25) is 0 Å². The Labute approximate surface area is 127 Å². The van der Waals surface area contributed by atoms with Crippen LogP contribution in [-0.2, 0) is 23.8 Å². The predicted octanol–water partition coefficient (Wildman–Crippen LogP) is 2.53. The molecule has 0 amide bonds. The Hall–Kier alpha value is -0.950. The van der Waals surface area contributed by atoms with Gasteiger partial charge in [-0.25, -0.2) is 0 Å². The van der Waals surface area contributed by atoms with E-state index in [0.717, 1.165) is 25.0 Å². The molecule has 0 radical (unpaired) electrons. The van der Waals surface area contributed by atoms with Crippen LogP contribution in [0.5, 0.6) is 0 Å². The molecule has 0 aliphatic rings. The van der Waals surface area contributed by atoms with Gasteiger partial charge in [0.15, 0.2) is 0 Å². The summed E-state index contributed by atoms with van der Waals surface area (Å²) in [5, 5.41) is 0. The number of ether oxygens (including phenoxy) is 2. The number of unbranched alkanes of at least 4 members (excludes halogenated alkanes) is 1. The molecule has 120 valence electrons. The van der Waals surface area contributed by atoms with Gasteiger partial charge < -0.3 is 9.47 Å². The standard InChI is InChI=1S/C15H24O5S/c1-3-4-9-18-10-11-19-12-13-20-21(16,17)15-7-5-14(2)6-8-15/h5-8H,3-4,9-13H2,1-2H3. The minimum Gasteiger partial charge on any atom is -0.379 e. The van der Waals surface area contributed by atoms with E-state index in [1.54, 1.807) is 12.1 Å². The maximum Gasteiger partial charge on any atom is 0.297 e. The van der Waals surface area contributed by atoms with E-state index in [1.165, 1.54) is 12.1 Å². The summed E-state index contributed by atoms with van der Waals surface area (Å²) in [5.41, 5.74) is 1.00. The van der Waals surface area contributed by atoms with Gasteiger partial charge in [-0.05, 0) is 25.5 Å². The van der Waals surface area contributed by atoms with E-state index in [0.29, 0.717) is 13.2 Å². The van der Waals surface area contributed by atoms with Crippen LogP contribution in [0.15, 0.2) is 29.2 Å². The summed E-state index contributed by atoms with van der Waals surface area (Å²) >= 11 is 0. The number of hydrogen-bond acceptors (Lipinski definition) is 5. The van der Waals surface area contributed by atoms with E-state index in [-0.39, 0.29) is 18.1 Å². The highest BCUT2D eigenvalue weighted by Gasteiger charge is 2.14. The third-order valence-electron chi connectivity index (χ3n) is 2.79. The van der Waals surface area contributed by atoms with Crippen molar-refractivity contribution >= 4 is 10.1 Å². The normalized spacial score (nSPS) is 11.7. The quantitative estimate of drug-likeness (QED) is 0.464. The first-order valence-corrected chi connectivity index (χ1v) is 8.58. The molecule has 21 heavy (non-hydrogen) atoms. The highest BCUT2D eigenvalue weighted by molar-refractivity contribution is 7.86. The van der Waals surface area contributed by atoms with Crippen molar-refractivity contribution in [2.75, 3.05) is 33.0 Å². The van der Waals surface area contributed by atoms with Crippen LogP contribution in [0, 0.1) is 6.92 Å². The summed E-state index contributed by atoms with van der Waals surface area (Å²) in [5.74, 6) is 0. The third-order valence-corrected chi connectivity index (χ3v) is 4.12. The molecule has 0 heterocycles. The molecule has 0 atom stereocenters. The molecule has 5 nitrogen and oxygen atoms in total. The first-order chi connectivity index (χ1) is 10.1. The number of benzene rings is 1. The number of aryl methyl sites for hydroxylation is 1. The molecule has 0 aromatic heterocycles. The molecule has 0 saturated carbocycles. The summed E-state index contributed by atoms with van der Waals surface area (Å²) in [6, 6.07) is 6.54. The average molecular weight is 316 g/mol. The molecule has 0 saturated heterocycles. The molecule has 0 aliphatic heterocycles. The average Bonchev–Trinajstić information content (AvgIpc) is 2.46. The second kappa shape index (κ2) is 9.89. The summed E-state index contributed by atoms with van der Waals surface area (Å²) in [6.07, 6.45) is 2.14. The van der Waals surface area contributed by atoms with Crippen molar-refractivity contribution in [1.29, 1.82) is 0 Å². The Morgan fingerprint density at radius 3 is 2.10 bits per heavy atom. The van der Waals surface area contributed by atoms with Crippen LogP contribution in [-0.4, -0.2) is 41.5 Å². The molecular weight excluding hydrogens is 292 g/mol. The summed E-state index contributed by atoms with van der Waals surface area (Å²) < 4.78 is 39.2. The fourth-order valence-corrected chi connectivity index (χ4v) is 2.44. The summed E-state index contributed by atoms with van der Waals surface area (Å²) in [7, 11) is -3.69. The molecule has 0 spiro atoms. The van der Waals surface area contributed by atoms with Gasteiger partial charge in [-0.1, -0.05) is 31.0 Å². The van der Waals surface area contributed by atoms with Crippen molar-refractivity contribution in [1.82, 2.24) is 0 Å². The van der Waals surface area contributed by atoms with Crippen molar-refractivity contribution < 1.29 is 22.1 Å². The number of rotatable bonds is 11. The summed E-state index contributed by atoms with van der Waals surface area (Å²) in [6.45, 7) is 5.92. The van der Waals surface area contributed by atoms with Crippen LogP contribution in [0.1, 0.15) is 25.3 Å². The lowest BCUT2D eigenvalue weighted by molar-refractivity contribution is 0.0363. The van der Waals surface area contributed by atoms with Crippen molar-refractivity contribution in [3.8, 4) is 0 Å². The molecule has 1 aromatic rings. The van der Waals surface area contributed by atoms with Gasteiger partial charge in [-0.15, -0.1) is 0 Å². The lowest BCUT2D eigenvalue weighted by Gasteiger charge is -2.07. The van der Waals surface area contributed by atoms with Gasteiger partial charge in [-0.2, -0.15) is 8.42 Å². The van der Waals surface area contributed by atoms with Crippen LogP contribution < -0.4 is 0 Å². The van der Waals surface area contributed by atoms with Gasteiger partial charge in [0, 0.05) is 6.61 Å². The Kier molecular flexibility index (Phi) is 8.52. The van der Waals surface area contributed by atoms with Crippen molar-refractivity contribution in [3.63, 3.8) is 0 Å². The van der Waals surface area contributed by atoms with Crippen molar-refractivity contribution in [2.45, 2.75) is 31.6 Å². The second-order valence-corrected chi connectivity index (χ2v) is 6.28. The van der Waals surface area contributed by atoms with Crippen molar-refractivity contribution in [2.24, 2.45) is 0 Å². The highest BCUT2D eigenvalue weighted by Crippen LogP contribution is 2.12. The van der Waals surface area contributed by atoms with E-state index < -0.39 is 10.1 Å². The molecule has 0 N–H and O–H groups in total. The van der Waals surface area contributed by atoms with Crippen LogP contribution in [0.25, 0.3) is 0 Å². The van der Waals surface area contributed by atoms with Crippen LogP contribution in [0.2, 0.25) is 0 Å². The van der Waals surface area contributed by atoms with Gasteiger partial charge >= 0.3 is 0 Å². The Bertz CT molecular complexity index is 481. The van der Waals surface area contributed by atoms with E-state index >= 15 is 0 Å². The van der Waals surface area contributed by atoms with Crippen LogP contribution >= 0.6 is 0 Å².